The van der Waals surface area contributed by atoms with Crippen LogP contribution < -0.4 is 10.1 Å². The normalized spacial score (nSPS) is 15.9. The van der Waals surface area contributed by atoms with Gasteiger partial charge in [0.2, 0.25) is 0 Å². The highest BCUT2D eigenvalue weighted by Gasteiger charge is 2.35. The van der Waals surface area contributed by atoms with E-state index in [2.05, 4.69) is 5.32 Å². The van der Waals surface area contributed by atoms with E-state index in [0.29, 0.717) is 52.6 Å². The van der Waals surface area contributed by atoms with E-state index in [1.165, 1.54) is 0 Å². The molecular formula is C21H22Cl3FN2O2. The van der Waals surface area contributed by atoms with Crippen LogP contribution in [-0.4, -0.2) is 49.3 Å². The van der Waals surface area contributed by atoms with Gasteiger partial charge in [0.1, 0.15) is 18.0 Å². The van der Waals surface area contributed by atoms with E-state index >= 15 is 4.39 Å². The fourth-order valence-electron chi connectivity index (χ4n) is 3.21. The molecule has 29 heavy (non-hydrogen) atoms. The molecule has 1 heterocycles. The van der Waals surface area contributed by atoms with E-state index in [1.54, 1.807) is 35.2 Å². The van der Waals surface area contributed by atoms with Gasteiger partial charge in [-0.25, -0.2) is 4.39 Å². The number of amides is 1. The third-order valence-corrected chi connectivity index (χ3v) is 5.87. The van der Waals surface area contributed by atoms with Gasteiger partial charge in [-0.05, 0) is 36.4 Å². The van der Waals surface area contributed by atoms with Crippen LogP contribution in [0, 0.1) is 0 Å². The van der Waals surface area contributed by atoms with Crippen LogP contribution in [-0.2, 0) is 0 Å². The van der Waals surface area contributed by atoms with E-state index in [-0.39, 0.29) is 25.3 Å². The standard InChI is InChI=1S/C21H22Cl3FN2O2/c22-16-2-1-3-17(13-16)29-11-8-26-14-21(25)6-9-27(10-7-21)20(28)15-4-5-18(23)19(24)12-15/h1-5,12-13,26H,6-11,14H2. The Kier molecular flexibility index (Phi) is 7.63. The van der Waals surface area contributed by atoms with E-state index in [4.69, 9.17) is 39.5 Å². The van der Waals surface area contributed by atoms with Crippen LogP contribution >= 0.6 is 34.8 Å². The van der Waals surface area contributed by atoms with Gasteiger partial charge in [-0.1, -0.05) is 40.9 Å². The Balaban J connectivity index is 1.40. The van der Waals surface area contributed by atoms with Crippen molar-refractivity contribution in [3.8, 4) is 5.75 Å². The predicted octanol–water partition coefficient (Wildman–Crippen LogP) is 5.26. The molecule has 1 aliphatic heterocycles. The summed E-state index contributed by atoms with van der Waals surface area (Å²) >= 11 is 17.8. The summed E-state index contributed by atoms with van der Waals surface area (Å²) in [5.74, 6) is 0.525. The summed E-state index contributed by atoms with van der Waals surface area (Å²) in [7, 11) is 0. The Labute approximate surface area is 184 Å². The fraction of sp³-hybridized carbons (Fsp3) is 0.381. The van der Waals surface area contributed by atoms with Crippen LogP contribution in [0.25, 0.3) is 0 Å². The quantitative estimate of drug-likeness (QED) is 0.574. The summed E-state index contributed by atoms with van der Waals surface area (Å²) in [6, 6.07) is 11.9. The lowest BCUT2D eigenvalue weighted by Gasteiger charge is -2.36. The maximum atomic E-state index is 15.0. The molecule has 1 fully saturated rings. The van der Waals surface area contributed by atoms with E-state index in [1.807, 2.05) is 12.1 Å². The number of nitrogens with zero attached hydrogens (tertiary/aromatic N) is 1. The molecule has 1 saturated heterocycles. The molecule has 1 aliphatic rings. The fourth-order valence-corrected chi connectivity index (χ4v) is 3.69. The van der Waals surface area contributed by atoms with Gasteiger partial charge in [-0.15, -0.1) is 0 Å². The lowest BCUT2D eigenvalue weighted by molar-refractivity contribution is 0.0433. The van der Waals surface area contributed by atoms with E-state index < -0.39 is 5.67 Å². The number of rotatable bonds is 7. The van der Waals surface area contributed by atoms with Gasteiger partial charge < -0.3 is 15.0 Å². The van der Waals surface area contributed by atoms with Gasteiger partial charge in [0.05, 0.1) is 10.0 Å². The first-order valence-corrected chi connectivity index (χ1v) is 10.5. The lowest BCUT2D eigenvalue weighted by Crippen LogP contribution is -2.49. The first kappa shape index (κ1) is 22.2. The lowest BCUT2D eigenvalue weighted by atomic mass is 9.93. The van der Waals surface area contributed by atoms with Gasteiger partial charge >= 0.3 is 0 Å². The molecule has 2 aromatic rings. The molecule has 0 aliphatic carbocycles. The van der Waals surface area contributed by atoms with Crippen molar-refractivity contribution in [1.82, 2.24) is 10.2 Å². The van der Waals surface area contributed by atoms with Crippen molar-refractivity contribution in [2.45, 2.75) is 18.5 Å². The second-order valence-electron chi connectivity index (χ2n) is 7.05. The van der Waals surface area contributed by atoms with Crippen molar-refractivity contribution in [3.63, 3.8) is 0 Å². The third kappa shape index (κ3) is 6.22. The largest absolute Gasteiger partial charge is 0.492 e. The Bertz CT molecular complexity index is 858. The predicted molar refractivity (Wildman–Crippen MR) is 115 cm³/mol. The first-order chi connectivity index (χ1) is 13.9. The number of carbonyl (C=O) groups is 1. The van der Waals surface area contributed by atoms with Crippen molar-refractivity contribution in [2.24, 2.45) is 0 Å². The minimum Gasteiger partial charge on any atom is -0.492 e. The number of nitrogens with one attached hydrogen (secondary N) is 1. The molecular weight excluding hydrogens is 438 g/mol. The molecule has 2 aromatic carbocycles. The topological polar surface area (TPSA) is 41.6 Å². The van der Waals surface area contributed by atoms with Gasteiger partial charge in [-0.3, -0.25) is 4.79 Å². The number of likely N-dealkylation sites (tertiary alicyclic amines) is 1. The molecule has 8 heteroatoms. The molecule has 0 spiro atoms. The van der Waals surface area contributed by atoms with Gasteiger partial charge in [-0.2, -0.15) is 0 Å². The Hall–Kier alpha value is -1.53. The number of hydrogen-bond acceptors (Lipinski definition) is 3. The highest BCUT2D eigenvalue weighted by molar-refractivity contribution is 6.42. The number of alkyl halides is 1. The minimum atomic E-state index is -1.34. The number of halogens is 4. The Morgan fingerprint density at radius 2 is 1.86 bits per heavy atom. The number of ether oxygens (including phenoxy) is 1. The highest BCUT2D eigenvalue weighted by atomic mass is 35.5. The SMILES string of the molecule is O=C(c1ccc(Cl)c(Cl)c1)N1CCC(F)(CNCCOc2cccc(Cl)c2)CC1. The summed E-state index contributed by atoms with van der Waals surface area (Å²) < 4.78 is 20.6. The van der Waals surface area contributed by atoms with Gasteiger partial charge in [0, 0.05) is 49.6 Å². The molecule has 0 bridgehead atoms. The average molecular weight is 460 g/mol. The van der Waals surface area contributed by atoms with E-state index in [9.17, 15) is 4.79 Å². The molecule has 0 saturated carbocycles. The maximum absolute atomic E-state index is 15.0. The highest BCUT2D eigenvalue weighted by Crippen LogP contribution is 2.28. The summed E-state index contributed by atoms with van der Waals surface area (Å²) in [6.45, 7) is 1.87. The number of piperidine rings is 1. The van der Waals surface area contributed by atoms with Crippen molar-refractivity contribution >= 4 is 40.7 Å². The molecule has 0 radical (unpaired) electrons. The Morgan fingerprint density at radius 3 is 2.55 bits per heavy atom. The summed E-state index contributed by atoms with van der Waals surface area (Å²) in [5.41, 5.74) is -0.883. The molecule has 1 amide bonds. The van der Waals surface area contributed by atoms with Gasteiger partial charge in [0.25, 0.3) is 5.91 Å². The van der Waals surface area contributed by atoms with Crippen molar-refractivity contribution in [2.75, 3.05) is 32.8 Å². The summed E-state index contributed by atoms with van der Waals surface area (Å²) in [6.07, 6.45) is 0.560. The number of benzene rings is 2. The van der Waals surface area contributed by atoms with Gasteiger partial charge in [0.15, 0.2) is 0 Å². The smallest absolute Gasteiger partial charge is 0.253 e. The van der Waals surface area contributed by atoms with E-state index in [0.717, 1.165) is 0 Å². The van der Waals surface area contributed by atoms with Crippen molar-refractivity contribution < 1.29 is 13.9 Å². The minimum absolute atomic E-state index is 0.159. The molecule has 0 unspecified atom stereocenters. The second kappa shape index (κ2) is 9.98. The average Bonchev–Trinajstić information content (AvgIpc) is 2.70. The zero-order chi connectivity index (χ0) is 20.9. The Morgan fingerprint density at radius 1 is 1.10 bits per heavy atom. The zero-order valence-electron chi connectivity index (χ0n) is 15.8. The van der Waals surface area contributed by atoms with Crippen LogP contribution in [0.2, 0.25) is 15.1 Å². The van der Waals surface area contributed by atoms with Crippen molar-refractivity contribution in [3.05, 3.63) is 63.1 Å². The molecule has 0 atom stereocenters. The summed E-state index contributed by atoms with van der Waals surface area (Å²) in [4.78, 5) is 14.2. The van der Waals surface area contributed by atoms with Crippen LogP contribution in [0.4, 0.5) is 4.39 Å². The maximum Gasteiger partial charge on any atom is 0.253 e. The zero-order valence-corrected chi connectivity index (χ0v) is 18.0. The van der Waals surface area contributed by atoms with Crippen molar-refractivity contribution in [1.29, 1.82) is 0 Å². The third-order valence-electron chi connectivity index (χ3n) is 4.90. The second-order valence-corrected chi connectivity index (χ2v) is 8.31. The number of hydrogen-bond donors (Lipinski definition) is 1. The molecule has 3 rings (SSSR count). The molecule has 4 nitrogen and oxygen atoms in total. The first-order valence-electron chi connectivity index (χ1n) is 9.39. The summed E-state index contributed by atoms with van der Waals surface area (Å²) in [5, 5.41) is 4.44. The van der Waals surface area contributed by atoms with Crippen LogP contribution in [0.5, 0.6) is 5.75 Å². The van der Waals surface area contributed by atoms with Crippen LogP contribution in [0.15, 0.2) is 42.5 Å². The molecule has 1 N–H and O–H groups in total. The monoisotopic (exact) mass is 458 g/mol. The van der Waals surface area contributed by atoms with Crippen LogP contribution in [0.3, 0.4) is 0 Å². The molecule has 0 aromatic heterocycles. The van der Waals surface area contributed by atoms with Crippen LogP contribution in [0.1, 0.15) is 23.2 Å². The molecule has 156 valence electrons. The number of carbonyl (C=O) groups excluding carboxylic acids is 1.